The lowest BCUT2D eigenvalue weighted by Gasteiger charge is -2.23. The molecule has 16 heavy (non-hydrogen) atoms. The fraction of sp³-hybridized carbons (Fsp3) is 0.917. The number of rotatable bonds is 5. The van der Waals surface area contributed by atoms with E-state index in [-0.39, 0.29) is 5.91 Å². The Bertz CT molecular complexity index is 189. The van der Waals surface area contributed by atoms with E-state index >= 15 is 0 Å². The van der Waals surface area contributed by atoms with Crippen LogP contribution in [-0.4, -0.2) is 50.7 Å². The minimum absolute atomic E-state index is 0.123. The van der Waals surface area contributed by atoms with E-state index in [0.717, 1.165) is 13.1 Å². The van der Waals surface area contributed by atoms with Crippen molar-refractivity contribution >= 4 is 5.91 Å². The lowest BCUT2D eigenvalue weighted by atomic mass is 10.1. The Hall–Kier alpha value is -0.610. The maximum Gasteiger partial charge on any atom is 0.234 e. The van der Waals surface area contributed by atoms with Crippen molar-refractivity contribution in [3.8, 4) is 0 Å². The number of nitrogens with zero attached hydrogens (tertiary/aromatic N) is 1. The maximum atomic E-state index is 11.6. The van der Waals surface area contributed by atoms with E-state index in [0.29, 0.717) is 19.7 Å². The highest BCUT2D eigenvalue weighted by atomic mass is 16.5. The van der Waals surface area contributed by atoms with Crippen LogP contribution < -0.4 is 5.32 Å². The van der Waals surface area contributed by atoms with Gasteiger partial charge in [0.15, 0.2) is 0 Å². The van der Waals surface area contributed by atoms with Crippen molar-refractivity contribution in [1.82, 2.24) is 10.2 Å². The zero-order valence-electron chi connectivity index (χ0n) is 10.3. The molecule has 1 rings (SSSR count). The number of nitrogens with one attached hydrogen (secondary N) is 1. The van der Waals surface area contributed by atoms with Crippen LogP contribution in [0.4, 0.5) is 0 Å². The molecule has 1 N–H and O–H groups in total. The summed E-state index contributed by atoms with van der Waals surface area (Å²) in [5.74, 6) is 0.123. The third-order valence-corrected chi connectivity index (χ3v) is 2.94. The third kappa shape index (κ3) is 6.08. The maximum absolute atomic E-state index is 11.6. The molecule has 1 saturated heterocycles. The van der Waals surface area contributed by atoms with Gasteiger partial charge in [-0.2, -0.15) is 0 Å². The molecule has 0 spiro atoms. The zero-order chi connectivity index (χ0) is 11.6. The SMILES string of the molecule is COCCNC(=O)CN1CCCCCCC1. The van der Waals surface area contributed by atoms with Gasteiger partial charge >= 0.3 is 0 Å². The Morgan fingerprint density at radius 2 is 1.81 bits per heavy atom. The summed E-state index contributed by atoms with van der Waals surface area (Å²) in [6, 6.07) is 0. The molecule has 0 saturated carbocycles. The average molecular weight is 228 g/mol. The Labute approximate surface area is 98.3 Å². The molecule has 0 atom stereocenters. The van der Waals surface area contributed by atoms with E-state index in [9.17, 15) is 4.79 Å². The zero-order valence-corrected chi connectivity index (χ0v) is 10.3. The van der Waals surface area contributed by atoms with Crippen molar-refractivity contribution in [3.05, 3.63) is 0 Å². The highest BCUT2D eigenvalue weighted by Crippen LogP contribution is 2.09. The standard InChI is InChI=1S/C12H24N2O2/c1-16-10-7-13-12(15)11-14-8-5-3-2-4-6-9-14/h2-11H2,1H3,(H,13,15). The van der Waals surface area contributed by atoms with Gasteiger partial charge < -0.3 is 10.1 Å². The quantitative estimate of drug-likeness (QED) is 0.714. The second-order valence-electron chi connectivity index (χ2n) is 4.39. The number of ether oxygens (including phenoxy) is 1. The van der Waals surface area contributed by atoms with Gasteiger partial charge in [0.05, 0.1) is 13.2 Å². The number of likely N-dealkylation sites (tertiary alicyclic amines) is 1. The van der Waals surface area contributed by atoms with Gasteiger partial charge in [0.2, 0.25) is 5.91 Å². The Kier molecular flexibility index (Phi) is 7.17. The number of carbonyl (C=O) groups excluding carboxylic acids is 1. The molecule has 1 heterocycles. The molecular formula is C12H24N2O2. The molecule has 4 heteroatoms. The molecule has 0 aromatic heterocycles. The van der Waals surface area contributed by atoms with Gasteiger partial charge in [-0.3, -0.25) is 9.69 Å². The molecule has 0 aromatic rings. The fourth-order valence-electron chi connectivity index (χ4n) is 2.02. The Morgan fingerprint density at radius 1 is 1.19 bits per heavy atom. The summed E-state index contributed by atoms with van der Waals surface area (Å²) in [4.78, 5) is 13.8. The first kappa shape index (κ1) is 13.5. The summed E-state index contributed by atoms with van der Waals surface area (Å²) in [5.41, 5.74) is 0. The van der Waals surface area contributed by atoms with Crippen molar-refractivity contribution in [2.45, 2.75) is 32.1 Å². The topological polar surface area (TPSA) is 41.6 Å². The van der Waals surface area contributed by atoms with E-state index in [2.05, 4.69) is 10.2 Å². The van der Waals surface area contributed by atoms with Gasteiger partial charge in [0, 0.05) is 13.7 Å². The Balaban J connectivity index is 2.14. The summed E-state index contributed by atoms with van der Waals surface area (Å²) < 4.78 is 4.89. The minimum Gasteiger partial charge on any atom is -0.383 e. The van der Waals surface area contributed by atoms with E-state index in [1.54, 1.807) is 7.11 Å². The molecule has 0 bridgehead atoms. The largest absolute Gasteiger partial charge is 0.383 e. The van der Waals surface area contributed by atoms with Crippen LogP contribution in [0.3, 0.4) is 0 Å². The third-order valence-electron chi connectivity index (χ3n) is 2.94. The lowest BCUT2D eigenvalue weighted by Crippen LogP contribution is -2.39. The van der Waals surface area contributed by atoms with Gasteiger partial charge in [-0.15, -0.1) is 0 Å². The molecule has 1 aliphatic rings. The number of hydrogen-bond acceptors (Lipinski definition) is 3. The highest BCUT2D eigenvalue weighted by Gasteiger charge is 2.11. The molecular weight excluding hydrogens is 204 g/mol. The van der Waals surface area contributed by atoms with Crippen molar-refractivity contribution in [3.63, 3.8) is 0 Å². The van der Waals surface area contributed by atoms with Crippen LogP contribution in [-0.2, 0) is 9.53 Å². The summed E-state index contributed by atoms with van der Waals surface area (Å²) in [6.45, 7) is 3.88. The molecule has 94 valence electrons. The molecule has 1 aliphatic heterocycles. The summed E-state index contributed by atoms with van der Waals surface area (Å²) in [6.07, 6.45) is 6.42. The van der Waals surface area contributed by atoms with Gasteiger partial charge in [0.25, 0.3) is 0 Å². The first-order valence-corrected chi connectivity index (χ1v) is 6.31. The second kappa shape index (κ2) is 8.53. The van der Waals surface area contributed by atoms with Gasteiger partial charge in [-0.1, -0.05) is 19.3 Å². The van der Waals surface area contributed by atoms with Crippen molar-refractivity contribution in [2.24, 2.45) is 0 Å². The minimum atomic E-state index is 0.123. The molecule has 4 nitrogen and oxygen atoms in total. The van der Waals surface area contributed by atoms with Crippen LogP contribution in [0.5, 0.6) is 0 Å². The number of carbonyl (C=O) groups is 1. The lowest BCUT2D eigenvalue weighted by molar-refractivity contribution is -0.122. The summed E-state index contributed by atoms with van der Waals surface area (Å²) in [7, 11) is 1.64. The number of amides is 1. The molecule has 0 unspecified atom stereocenters. The molecule has 0 aromatic carbocycles. The summed E-state index contributed by atoms with van der Waals surface area (Å²) in [5, 5.41) is 2.86. The monoisotopic (exact) mass is 228 g/mol. The number of methoxy groups -OCH3 is 1. The van der Waals surface area contributed by atoms with Crippen LogP contribution in [0.15, 0.2) is 0 Å². The predicted octanol–water partition coefficient (Wildman–Crippen LogP) is 1.02. The van der Waals surface area contributed by atoms with Crippen LogP contribution in [0, 0.1) is 0 Å². The normalized spacial score (nSPS) is 18.8. The highest BCUT2D eigenvalue weighted by molar-refractivity contribution is 5.77. The molecule has 0 radical (unpaired) electrons. The van der Waals surface area contributed by atoms with Gasteiger partial charge in [-0.25, -0.2) is 0 Å². The van der Waals surface area contributed by atoms with E-state index in [1.807, 2.05) is 0 Å². The average Bonchev–Trinajstić information content (AvgIpc) is 2.22. The fourth-order valence-corrected chi connectivity index (χ4v) is 2.02. The van der Waals surface area contributed by atoms with Crippen LogP contribution >= 0.6 is 0 Å². The van der Waals surface area contributed by atoms with Gasteiger partial charge in [-0.05, 0) is 25.9 Å². The van der Waals surface area contributed by atoms with Crippen molar-refractivity contribution in [2.75, 3.05) is 39.9 Å². The van der Waals surface area contributed by atoms with Crippen molar-refractivity contribution in [1.29, 1.82) is 0 Å². The van der Waals surface area contributed by atoms with Crippen LogP contribution in [0.25, 0.3) is 0 Å². The van der Waals surface area contributed by atoms with Crippen LogP contribution in [0.1, 0.15) is 32.1 Å². The second-order valence-corrected chi connectivity index (χ2v) is 4.39. The summed E-state index contributed by atoms with van der Waals surface area (Å²) >= 11 is 0. The predicted molar refractivity (Wildman–Crippen MR) is 64.4 cm³/mol. The van der Waals surface area contributed by atoms with Crippen molar-refractivity contribution < 1.29 is 9.53 Å². The first-order chi connectivity index (χ1) is 7.83. The van der Waals surface area contributed by atoms with E-state index < -0.39 is 0 Å². The van der Waals surface area contributed by atoms with E-state index in [4.69, 9.17) is 4.74 Å². The molecule has 1 fully saturated rings. The molecule has 0 aliphatic carbocycles. The van der Waals surface area contributed by atoms with Gasteiger partial charge in [0.1, 0.15) is 0 Å². The van der Waals surface area contributed by atoms with Crippen LogP contribution in [0.2, 0.25) is 0 Å². The number of hydrogen-bond donors (Lipinski definition) is 1. The first-order valence-electron chi connectivity index (χ1n) is 6.31. The smallest absolute Gasteiger partial charge is 0.234 e. The van der Waals surface area contributed by atoms with E-state index in [1.165, 1.54) is 32.1 Å². The molecule has 1 amide bonds. The Morgan fingerprint density at radius 3 is 2.44 bits per heavy atom.